The largest absolute Gasteiger partial charge is 0.400 e. The molecule has 3 rings (SSSR count). The number of rotatable bonds is 2. The van der Waals surface area contributed by atoms with Gasteiger partial charge in [-0.1, -0.05) is 46.9 Å². The van der Waals surface area contributed by atoms with Crippen LogP contribution in [0.5, 0.6) is 0 Å². The number of alkyl halides is 3. The van der Waals surface area contributed by atoms with Crippen LogP contribution in [0.3, 0.4) is 0 Å². The fourth-order valence-electron chi connectivity index (χ4n) is 2.87. The summed E-state index contributed by atoms with van der Waals surface area (Å²) >= 11 is 17.7. The molecule has 0 saturated heterocycles. The Labute approximate surface area is 152 Å². The van der Waals surface area contributed by atoms with E-state index in [1.54, 1.807) is 24.3 Å². The van der Waals surface area contributed by atoms with Gasteiger partial charge in [-0.15, -0.1) is 0 Å². The van der Waals surface area contributed by atoms with Crippen molar-refractivity contribution >= 4 is 40.5 Å². The van der Waals surface area contributed by atoms with Gasteiger partial charge in [0.1, 0.15) is 5.41 Å². The van der Waals surface area contributed by atoms with Crippen molar-refractivity contribution in [3.8, 4) is 0 Å². The van der Waals surface area contributed by atoms with Gasteiger partial charge in [-0.25, -0.2) is 0 Å². The molecule has 0 spiro atoms. The Morgan fingerprint density at radius 3 is 2.17 bits per heavy atom. The Morgan fingerprint density at radius 2 is 1.58 bits per heavy atom. The fraction of sp³-hybridized carbons (Fsp3) is 0.235. The minimum Gasteiger partial charge on any atom is -0.288 e. The van der Waals surface area contributed by atoms with Gasteiger partial charge in [-0.05, 0) is 41.5 Å². The second-order valence-corrected chi connectivity index (χ2v) is 7.00. The molecule has 0 aliphatic carbocycles. The van der Waals surface area contributed by atoms with E-state index in [1.807, 2.05) is 0 Å². The maximum Gasteiger partial charge on any atom is 0.400 e. The Kier molecular flexibility index (Phi) is 4.58. The Hall–Kier alpha value is -1.23. The molecule has 0 saturated carbocycles. The highest BCUT2D eigenvalue weighted by atomic mass is 35.5. The van der Waals surface area contributed by atoms with Crippen LogP contribution in [0, 0.1) is 0 Å². The average Bonchev–Trinajstić information content (AvgIpc) is 2.92. The number of hydrogen-bond donors (Lipinski definition) is 0. The number of nitrogens with zero attached hydrogens (tertiary/aromatic N) is 1. The van der Waals surface area contributed by atoms with Crippen LogP contribution in [-0.4, -0.2) is 18.4 Å². The second-order valence-electron chi connectivity index (χ2n) is 5.69. The van der Waals surface area contributed by atoms with Gasteiger partial charge in [0, 0.05) is 27.2 Å². The minimum absolute atomic E-state index is 0.0216. The summed E-state index contributed by atoms with van der Waals surface area (Å²) in [4.78, 5) is 4.15. The maximum atomic E-state index is 13.9. The van der Waals surface area contributed by atoms with E-state index in [4.69, 9.17) is 34.8 Å². The molecule has 7 heteroatoms. The lowest BCUT2D eigenvalue weighted by Gasteiger charge is -2.31. The van der Waals surface area contributed by atoms with Crippen molar-refractivity contribution in [2.45, 2.75) is 18.0 Å². The summed E-state index contributed by atoms with van der Waals surface area (Å²) < 4.78 is 41.8. The van der Waals surface area contributed by atoms with Crippen molar-refractivity contribution in [3.05, 3.63) is 68.7 Å². The molecular formula is C17H11Cl3F3N. The summed E-state index contributed by atoms with van der Waals surface area (Å²) in [6.07, 6.45) is -4.78. The molecular weight excluding hydrogens is 382 g/mol. The van der Waals surface area contributed by atoms with E-state index in [0.29, 0.717) is 16.3 Å². The van der Waals surface area contributed by atoms with E-state index in [2.05, 4.69) is 4.99 Å². The molecule has 0 bridgehead atoms. The molecule has 1 unspecified atom stereocenters. The normalized spacial score (nSPS) is 21.0. The third kappa shape index (κ3) is 3.15. The van der Waals surface area contributed by atoms with Crippen LogP contribution in [0.2, 0.25) is 15.1 Å². The molecule has 0 fully saturated rings. The predicted octanol–water partition coefficient (Wildman–Crippen LogP) is 6.34. The van der Waals surface area contributed by atoms with Crippen molar-refractivity contribution in [1.29, 1.82) is 0 Å². The smallest absolute Gasteiger partial charge is 0.288 e. The van der Waals surface area contributed by atoms with Crippen molar-refractivity contribution in [3.63, 3.8) is 0 Å². The van der Waals surface area contributed by atoms with E-state index in [9.17, 15) is 13.2 Å². The predicted molar refractivity (Wildman–Crippen MR) is 91.7 cm³/mol. The highest BCUT2D eigenvalue weighted by molar-refractivity contribution is 6.34. The van der Waals surface area contributed by atoms with E-state index in [0.717, 1.165) is 0 Å². The van der Waals surface area contributed by atoms with Gasteiger partial charge in [0.15, 0.2) is 0 Å². The molecule has 126 valence electrons. The standard InChI is InChI=1S/C17H11Cl3F3N/c18-12-3-1-2-10(4-12)15-8-16(9-24-15,17(21,22)23)11-5-13(19)7-14(20)6-11/h1-7H,8-9H2. The van der Waals surface area contributed by atoms with Gasteiger partial charge in [-0.3, -0.25) is 4.99 Å². The van der Waals surface area contributed by atoms with E-state index in [1.165, 1.54) is 18.2 Å². The summed E-state index contributed by atoms with van der Waals surface area (Å²) in [7, 11) is 0. The van der Waals surface area contributed by atoms with Crippen LogP contribution in [0.15, 0.2) is 47.5 Å². The van der Waals surface area contributed by atoms with E-state index in [-0.39, 0.29) is 22.0 Å². The summed E-state index contributed by atoms with van der Waals surface area (Å²) in [6, 6.07) is 10.7. The van der Waals surface area contributed by atoms with Gasteiger partial charge in [0.25, 0.3) is 0 Å². The molecule has 0 amide bonds. The van der Waals surface area contributed by atoms with Gasteiger partial charge in [0.05, 0.1) is 6.54 Å². The van der Waals surface area contributed by atoms with Crippen LogP contribution < -0.4 is 0 Å². The number of benzene rings is 2. The molecule has 0 N–H and O–H groups in total. The molecule has 2 aromatic carbocycles. The van der Waals surface area contributed by atoms with Crippen LogP contribution >= 0.6 is 34.8 Å². The van der Waals surface area contributed by atoms with Crippen molar-refractivity contribution in [1.82, 2.24) is 0 Å². The monoisotopic (exact) mass is 391 g/mol. The molecule has 0 aromatic heterocycles. The van der Waals surface area contributed by atoms with E-state index < -0.39 is 18.1 Å². The van der Waals surface area contributed by atoms with Crippen LogP contribution in [-0.2, 0) is 5.41 Å². The molecule has 1 heterocycles. The molecule has 1 aliphatic heterocycles. The lowest BCUT2D eigenvalue weighted by molar-refractivity contribution is -0.183. The molecule has 24 heavy (non-hydrogen) atoms. The summed E-state index contributed by atoms with van der Waals surface area (Å²) in [5, 5.41) is 0.778. The average molecular weight is 393 g/mol. The van der Waals surface area contributed by atoms with Crippen molar-refractivity contribution in [2.24, 2.45) is 4.99 Å². The molecule has 1 aliphatic rings. The van der Waals surface area contributed by atoms with Crippen LogP contribution in [0.25, 0.3) is 0 Å². The first-order valence-corrected chi connectivity index (χ1v) is 8.17. The Balaban J connectivity index is 2.05. The number of hydrogen-bond acceptors (Lipinski definition) is 1. The highest BCUT2D eigenvalue weighted by Crippen LogP contribution is 2.48. The SMILES string of the molecule is FC(F)(F)C1(c2cc(Cl)cc(Cl)c2)CN=C(c2cccc(Cl)c2)C1. The van der Waals surface area contributed by atoms with Crippen molar-refractivity contribution in [2.75, 3.05) is 6.54 Å². The first-order valence-electron chi connectivity index (χ1n) is 7.04. The van der Waals surface area contributed by atoms with Gasteiger partial charge in [0.2, 0.25) is 0 Å². The summed E-state index contributed by atoms with van der Waals surface area (Å²) in [5.41, 5.74) is -1.17. The second kappa shape index (κ2) is 6.25. The minimum atomic E-state index is -4.50. The van der Waals surface area contributed by atoms with Gasteiger partial charge < -0.3 is 0 Å². The number of halogens is 6. The zero-order valence-corrected chi connectivity index (χ0v) is 14.4. The quantitative estimate of drug-likeness (QED) is 0.565. The first kappa shape index (κ1) is 17.6. The molecule has 0 radical (unpaired) electrons. The Bertz CT molecular complexity index is 797. The first-order chi connectivity index (χ1) is 11.2. The topological polar surface area (TPSA) is 12.4 Å². The number of aliphatic imine (C=N–C) groups is 1. The molecule has 2 aromatic rings. The zero-order valence-electron chi connectivity index (χ0n) is 12.2. The summed E-state index contributed by atoms with van der Waals surface area (Å²) in [5.74, 6) is 0. The van der Waals surface area contributed by atoms with Gasteiger partial charge in [-0.2, -0.15) is 13.2 Å². The lowest BCUT2D eigenvalue weighted by atomic mass is 9.76. The molecule has 1 nitrogen and oxygen atoms in total. The lowest BCUT2D eigenvalue weighted by Crippen LogP contribution is -2.43. The van der Waals surface area contributed by atoms with Crippen LogP contribution in [0.4, 0.5) is 13.2 Å². The third-order valence-electron chi connectivity index (χ3n) is 4.12. The molecule has 1 atom stereocenters. The van der Waals surface area contributed by atoms with Crippen molar-refractivity contribution < 1.29 is 13.2 Å². The highest BCUT2D eigenvalue weighted by Gasteiger charge is 2.58. The maximum absolute atomic E-state index is 13.9. The van der Waals surface area contributed by atoms with Gasteiger partial charge >= 0.3 is 6.18 Å². The Morgan fingerprint density at radius 1 is 0.917 bits per heavy atom. The zero-order chi connectivity index (χ0) is 17.5. The van der Waals surface area contributed by atoms with Crippen LogP contribution in [0.1, 0.15) is 17.5 Å². The summed E-state index contributed by atoms with van der Waals surface area (Å²) in [6.45, 7) is -0.408. The van der Waals surface area contributed by atoms with E-state index >= 15 is 0 Å². The third-order valence-corrected chi connectivity index (χ3v) is 4.80. The fourth-order valence-corrected chi connectivity index (χ4v) is 3.58.